The molecular weight excluding hydrogens is 466 g/mol. The average molecular weight is 492 g/mol. The van der Waals surface area contributed by atoms with Gasteiger partial charge in [-0.2, -0.15) is 5.10 Å². The molecule has 1 amide bonds. The fraction of sp³-hybridized carbons (Fsp3) is 0.192. The minimum absolute atomic E-state index is 0.0111. The zero-order valence-electron chi connectivity index (χ0n) is 19.6. The SMILES string of the molecule is CCCCOc1ccc(C(=O)Oc2ccc(/C=N\NC(=O)COc3ccccc3[N+](=O)[O-])cc2)cc1. The van der Waals surface area contributed by atoms with Crippen LogP contribution in [0.5, 0.6) is 17.2 Å². The number of nitrogens with one attached hydrogen (secondary N) is 1. The number of hydrazone groups is 1. The molecule has 186 valence electrons. The minimum Gasteiger partial charge on any atom is -0.494 e. The lowest BCUT2D eigenvalue weighted by molar-refractivity contribution is -0.385. The molecule has 3 aromatic carbocycles. The maximum Gasteiger partial charge on any atom is 0.343 e. The highest BCUT2D eigenvalue weighted by Crippen LogP contribution is 2.25. The molecule has 0 bridgehead atoms. The lowest BCUT2D eigenvalue weighted by Crippen LogP contribution is -2.24. The van der Waals surface area contributed by atoms with Gasteiger partial charge in [0.2, 0.25) is 0 Å². The first kappa shape index (κ1) is 25.9. The minimum atomic E-state index is -0.591. The number of ether oxygens (including phenoxy) is 3. The third-order valence-corrected chi connectivity index (χ3v) is 4.77. The Hall–Kier alpha value is -4.73. The summed E-state index contributed by atoms with van der Waals surface area (Å²) < 4.78 is 16.2. The van der Waals surface area contributed by atoms with Crippen LogP contribution in [-0.2, 0) is 4.79 Å². The topological polar surface area (TPSA) is 129 Å². The second kappa shape index (κ2) is 13.2. The van der Waals surface area contributed by atoms with Gasteiger partial charge >= 0.3 is 11.7 Å². The Bertz CT molecular complexity index is 1210. The molecular formula is C26H25N3O7. The van der Waals surface area contributed by atoms with Crippen LogP contribution in [-0.4, -0.2) is 36.2 Å². The van der Waals surface area contributed by atoms with Crippen LogP contribution >= 0.6 is 0 Å². The Balaban J connectivity index is 1.45. The number of nitrogens with zero attached hydrogens (tertiary/aromatic N) is 2. The average Bonchev–Trinajstić information content (AvgIpc) is 2.89. The molecule has 0 heterocycles. The van der Waals surface area contributed by atoms with E-state index in [2.05, 4.69) is 17.5 Å². The predicted octanol–water partition coefficient (Wildman–Crippen LogP) is 4.52. The number of nitro groups is 1. The Morgan fingerprint density at radius 2 is 1.67 bits per heavy atom. The van der Waals surface area contributed by atoms with E-state index in [-0.39, 0.29) is 11.4 Å². The molecule has 0 aliphatic carbocycles. The van der Waals surface area contributed by atoms with Gasteiger partial charge in [-0.05, 0) is 66.6 Å². The molecule has 0 saturated heterocycles. The van der Waals surface area contributed by atoms with Crippen LogP contribution in [0.15, 0.2) is 77.9 Å². The second-order valence-corrected chi connectivity index (χ2v) is 7.49. The standard InChI is InChI=1S/C26H25N3O7/c1-2-3-16-34-21-14-10-20(11-15-21)26(31)36-22-12-8-19(9-13-22)17-27-28-25(30)18-35-24-7-5-4-6-23(24)29(32)33/h4-15,17H,2-3,16,18H2,1H3,(H,28,30)/b27-17-. The first-order chi connectivity index (χ1) is 17.5. The van der Waals surface area contributed by atoms with Crippen molar-refractivity contribution in [2.75, 3.05) is 13.2 Å². The van der Waals surface area contributed by atoms with Crippen molar-refractivity contribution in [2.45, 2.75) is 19.8 Å². The van der Waals surface area contributed by atoms with E-state index in [1.165, 1.54) is 24.4 Å². The van der Waals surface area contributed by atoms with Crippen LogP contribution in [0, 0.1) is 10.1 Å². The summed E-state index contributed by atoms with van der Waals surface area (Å²) in [5.74, 6) is -0.0480. The molecule has 36 heavy (non-hydrogen) atoms. The maximum absolute atomic E-state index is 12.4. The number of hydrogen-bond donors (Lipinski definition) is 1. The smallest absolute Gasteiger partial charge is 0.343 e. The fourth-order valence-corrected chi connectivity index (χ4v) is 2.89. The zero-order chi connectivity index (χ0) is 25.8. The largest absolute Gasteiger partial charge is 0.494 e. The Kier molecular flexibility index (Phi) is 9.51. The van der Waals surface area contributed by atoms with Gasteiger partial charge in [0.25, 0.3) is 5.91 Å². The predicted molar refractivity (Wildman–Crippen MR) is 133 cm³/mol. The van der Waals surface area contributed by atoms with Crippen molar-refractivity contribution in [1.82, 2.24) is 5.43 Å². The third kappa shape index (κ3) is 7.94. The van der Waals surface area contributed by atoms with Gasteiger partial charge in [-0.25, -0.2) is 10.2 Å². The lowest BCUT2D eigenvalue weighted by Gasteiger charge is -2.07. The van der Waals surface area contributed by atoms with E-state index in [9.17, 15) is 19.7 Å². The summed E-state index contributed by atoms with van der Waals surface area (Å²) in [5, 5.41) is 14.8. The maximum atomic E-state index is 12.4. The van der Waals surface area contributed by atoms with Crippen molar-refractivity contribution in [3.05, 3.63) is 94.0 Å². The number of unbranched alkanes of at least 4 members (excludes halogenated alkanes) is 1. The fourth-order valence-electron chi connectivity index (χ4n) is 2.89. The number of rotatable bonds is 12. The van der Waals surface area contributed by atoms with Gasteiger partial charge in [-0.3, -0.25) is 14.9 Å². The molecule has 0 unspecified atom stereocenters. The number of carbonyl (C=O) groups is 2. The highest BCUT2D eigenvalue weighted by molar-refractivity contribution is 5.91. The summed E-state index contributed by atoms with van der Waals surface area (Å²) in [6.45, 7) is 2.27. The van der Waals surface area contributed by atoms with Crippen molar-refractivity contribution >= 4 is 23.8 Å². The van der Waals surface area contributed by atoms with Gasteiger partial charge in [0.1, 0.15) is 11.5 Å². The number of amides is 1. The molecule has 10 nitrogen and oxygen atoms in total. The van der Waals surface area contributed by atoms with Crippen molar-refractivity contribution in [3.8, 4) is 17.2 Å². The second-order valence-electron chi connectivity index (χ2n) is 7.49. The summed E-state index contributed by atoms with van der Waals surface area (Å²) in [6, 6.07) is 19.0. The summed E-state index contributed by atoms with van der Waals surface area (Å²) in [5.41, 5.74) is 3.09. The van der Waals surface area contributed by atoms with Crippen LogP contribution in [0.2, 0.25) is 0 Å². The monoisotopic (exact) mass is 491 g/mol. The molecule has 10 heteroatoms. The van der Waals surface area contributed by atoms with E-state index >= 15 is 0 Å². The van der Waals surface area contributed by atoms with Gasteiger partial charge < -0.3 is 14.2 Å². The van der Waals surface area contributed by atoms with Crippen LogP contribution in [0.1, 0.15) is 35.7 Å². The molecule has 0 radical (unpaired) electrons. The Morgan fingerprint density at radius 1 is 0.972 bits per heavy atom. The van der Waals surface area contributed by atoms with Crippen LogP contribution < -0.4 is 19.6 Å². The number of esters is 1. The van der Waals surface area contributed by atoms with Crippen LogP contribution in [0.4, 0.5) is 5.69 Å². The van der Waals surface area contributed by atoms with Crippen molar-refractivity contribution in [1.29, 1.82) is 0 Å². The van der Waals surface area contributed by atoms with Crippen molar-refractivity contribution in [3.63, 3.8) is 0 Å². The van der Waals surface area contributed by atoms with E-state index < -0.39 is 23.4 Å². The molecule has 0 atom stereocenters. The quantitative estimate of drug-likeness (QED) is 0.0984. The van der Waals surface area contributed by atoms with E-state index in [4.69, 9.17) is 14.2 Å². The lowest BCUT2D eigenvalue weighted by atomic mass is 10.2. The number of nitro benzene ring substituents is 1. The number of benzene rings is 3. The summed E-state index contributed by atoms with van der Waals surface area (Å²) in [4.78, 5) is 34.6. The molecule has 0 fully saturated rings. The van der Waals surface area contributed by atoms with Crippen molar-refractivity contribution in [2.24, 2.45) is 5.10 Å². The Labute approximate surface area is 207 Å². The summed E-state index contributed by atoms with van der Waals surface area (Å²) >= 11 is 0. The molecule has 1 N–H and O–H groups in total. The van der Waals surface area contributed by atoms with E-state index in [1.54, 1.807) is 54.6 Å². The number of carbonyl (C=O) groups excluding carboxylic acids is 2. The molecule has 3 rings (SSSR count). The van der Waals surface area contributed by atoms with Gasteiger partial charge in [0.15, 0.2) is 12.4 Å². The van der Waals surface area contributed by atoms with Gasteiger partial charge in [0, 0.05) is 6.07 Å². The number of para-hydroxylation sites is 2. The van der Waals surface area contributed by atoms with Crippen LogP contribution in [0.3, 0.4) is 0 Å². The summed E-state index contributed by atoms with van der Waals surface area (Å²) in [6.07, 6.45) is 3.40. The van der Waals surface area contributed by atoms with E-state index in [0.29, 0.717) is 29.2 Å². The van der Waals surface area contributed by atoms with Gasteiger partial charge in [-0.15, -0.1) is 0 Å². The first-order valence-electron chi connectivity index (χ1n) is 11.2. The van der Waals surface area contributed by atoms with Gasteiger partial charge in [-0.1, -0.05) is 25.5 Å². The zero-order valence-corrected chi connectivity index (χ0v) is 19.6. The van der Waals surface area contributed by atoms with Crippen LogP contribution in [0.25, 0.3) is 0 Å². The Morgan fingerprint density at radius 3 is 2.36 bits per heavy atom. The molecule has 0 spiro atoms. The van der Waals surface area contributed by atoms with E-state index in [0.717, 1.165) is 12.8 Å². The molecule has 0 saturated carbocycles. The van der Waals surface area contributed by atoms with Gasteiger partial charge in [0.05, 0.1) is 23.3 Å². The first-order valence-corrected chi connectivity index (χ1v) is 11.2. The molecule has 0 aliphatic heterocycles. The molecule has 3 aromatic rings. The normalized spacial score (nSPS) is 10.6. The van der Waals surface area contributed by atoms with E-state index in [1.807, 2.05) is 0 Å². The van der Waals surface area contributed by atoms with Crippen molar-refractivity contribution < 1.29 is 28.7 Å². The highest BCUT2D eigenvalue weighted by atomic mass is 16.6. The summed E-state index contributed by atoms with van der Waals surface area (Å²) in [7, 11) is 0. The molecule has 0 aromatic heterocycles. The third-order valence-electron chi connectivity index (χ3n) is 4.77. The number of hydrogen-bond acceptors (Lipinski definition) is 8. The molecule has 0 aliphatic rings. The highest BCUT2D eigenvalue weighted by Gasteiger charge is 2.14.